The number of carbonyl (C=O) groups is 2. The van der Waals surface area contributed by atoms with E-state index in [0.29, 0.717) is 17.3 Å². The second-order valence-electron chi connectivity index (χ2n) is 5.74. The van der Waals surface area contributed by atoms with E-state index in [1.807, 2.05) is 13.8 Å². The molecule has 2 N–H and O–H groups in total. The molecule has 0 aliphatic rings. The number of carboxylic acids is 1. The molecule has 0 aliphatic heterocycles. The number of hydrogen-bond donors (Lipinski definition) is 2. The first kappa shape index (κ1) is 15.7. The van der Waals surface area contributed by atoms with Crippen LogP contribution in [0, 0.1) is 11.3 Å². The lowest BCUT2D eigenvalue weighted by atomic mass is 9.83. The molecule has 1 aromatic heterocycles. The highest BCUT2D eigenvalue weighted by molar-refractivity contribution is 7.13. The van der Waals surface area contributed by atoms with Gasteiger partial charge in [-0.1, -0.05) is 27.7 Å². The highest BCUT2D eigenvalue weighted by atomic mass is 32.1. The van der Waals surface area contributed by atoms with E-state index < -0.39 is 11.4 Å². The first-order chi connectivity index (χ1) is 8.72. The van der Waals surface area contributed by atoms with Crippen molar-refractivity contribution in [1.82, 2.24) is 5.32 Å². The Morgan fingerprint density at radius 1 is 1.37 bits per heavy atom. The van der Waals surface area contributed by atoms with Gasteiger partial charge in [0, 0.05) is 10.3 Å². The third-order valence-corrected chi connectivity index (χ3v) is 3.90. The van der Waals surface area contributed by atoms with Crippen LogP contribution in [0.25, 0.3) is 0 Å². The van der Waals surface area contributed by atoms with Crippen molar-refractivity contribution in [2.45, 2.75) is 40.7 Å². The Balaban J connectivity index is 2.56. The van der Waals surface area contributed by atoms with Crippen molar-refractivity contribution in [3.05, 3.63) is 21.9 Å². The molecule has 19 heavy (non-hydrogen) atoms. The fourth-order valence-electron chi connectivity index (χ4n) is 2.11. The summed E-state index contributed by atoms with van der Waals surface area (Å²) >= 11 is 1.19. The summed E-state index contributed by atoms with van der Waals surface area (Å²) in [6.45, 7) is 8.43. The Morgan fingerprint density at radius 2 is 2.00 bits per heavy atom. The van der Waals surface area contributed by atoms with Crippen LogP contribution in [0.4, 0.5) is 0 Å². The van der Waals surface area contributed by atoms with Gasteiger partial charge in [-0.05, 0) is 24.5 Å². The van der Waals surface area contributed by atoms with Gasteiger partial charge in [-0.2, -0.15) is 0 Å². The van der Waals surface area contributed by atoms with Gasteiger partial charge < -0.3 is 10.4 Å². The maximum atomic E-state index is 12.1. The van der Waals surface area contributed by atoms with Gasteiger partial charge in [-0.25, -0.2) is 4.79 Å². The lowest BCUT2D eigenvalue weighted by molar-refractivity contribution is -0.130. The van der Waals surface area contributed by atoms with Crippen molar-refractivity contribution in [3.8, 4) is 0 Å². The van der Waals surface area contributed by atoms with Gasteiger partial charge >= 0.3 is 5.97 Å². The second-order valence-corrected chi connectivity index (χ2v) is 6.90. The molecule has 0 fully saturated rings. The van der Waals surface area contributed by atoms with E-state index in [1.165, 1.54) is 11.3 Å². The number of nitrogens with one attached hydrogen (secondary N) is 1. The van der Waals surface area contributed by atoms with E-state index in [4.69, 9.17) is 5.11 Å². The molecule has 0 saturated carbocycles. The van der Waals surface area contributed by atoms with Crippen LogP contribution in [0.3, 0.4) is 0 Å². The Labute approximate surface area is 117 Å². The third-order valence-electron chi connectivity index (χ3n) is 2.83. The van der Waals surface area contributed by atoms with Gasteiger partial charge in [0.25, 0.3) is 0 Å². The molecule has 0 aromatic carbocycles. The smallest absolute Gasteiger partial charge is 0.345 e. The van der Waals surface area contributed by atoms with Gasteiger partial charge in [-0.15, -0.1) is 11.3 Å². The first-order valence-corrected chi connectivity index (χ1v) is 7.14. The molecule has 0 bridgehead atoms. The van der Waals surface area contributed by atoms with Crippen LogP contribution >= 0.6 is 11.3 Å². The Kier molecular flexibility index (Phi) is 5.11. The third kappa shape index (κ3) is 4.67. The van der Waals surface area contributed by atoms with Crippen LogP contribution in [0.2, 0.25) is 0 Å². The van der Waals surface area contributed by atoms with E-state index in [0.717, 1.165) is 11.3 Å². The van der Waals surface area contributed by atoms with Gasteiger partial charge in [0.2, 0.25) is 5.91 Å². The van der Waals surface area contributed by atoms with Crippen LogP contribution < -0.4 is 5.32 Å². The van der Waals surface area contributed by atoms with E-state index in [9.17, 15) is 9.59 Å². The fraction of sp³-hybridized carbons (Fsp3) is 0.571. The Hall–Kier alpha value is -1.36. The molecule has 0 unspecified atom stereocenters. The summed E-state index contributed by atoms with van der Waals surface area (Å²) in [7, 11) is 0. The van der Waals surface area contributed by atoms with Crippen molar-refractivity contribution in [2.75, 3.05) is 0 Å². The van der Waals surface area contributed by atoms with Crippen LogP contribution in [0.15, 0.2) is 12.1 Å². The Bertz CT molecular complexity index is 463. The van der Waals surface area contributed by atoms with E-state index in [2.05, 4.69) is 19.2 Å². The molecule has 1 heterocycles. The number of thiophene rings is 1. The van der Waals surface area contributed by atoms with Gasteiger partial charge in [0.15, 0.2) is 0 Å². The molecule has 0 spiro atoms. The molecule has 1 rings (SSSR count). The van der Waals surface area contributed by atoms with Crippen molar-refractivity contribution >= 4 is 23.2 Å². The molecule has 0 atom stereocenters. The average molecular weight is 283 g/mol. The second kappa shape index (κ2) is 6.19. The molecule has 106 valence electrons. The molecule has 1 amide bonds. The maximum absolute atomic E-state index is 12.1. The number of carbonyl (C=O) groups excluding carboxylic acids is 1. The molecule has 4 nitrogen and oxygen atoms in total. The van der Waals surface area contributed by atoms with E-state index in [-0.39, 0.29) is 5.91 Å². The van der Waals surface area contributed by atoms with Crippen molar-refractivity contribution in [1.29, 1.82) is 0 Å². The minimum absolute atomic E-state index is 0.00600. The van der Waals surface area contributed by atoms with Crippen LogP contribution in [0.1, 0.15) is 48.7 Å². The predicted octanol–water partition coefficient (Wildman–Crippen LogP) is 3.13. The van der Waals surface area contributed by atoms with Crippen LogP contribution in [-0.2, 0) is 11.3 Å². The van der Waals surface area contributed by atoms with Crippen molar-refractivity contribution in [2.24, 2.45) is 11.3 Å². The summed E-state index contributed by atoms with van der Waals surface area (Å²) in [5.74, 6) is -0.463. The summed E-state index contributed by atoms with van der Waals surface area (Å²) in [5, 5.41) is 11.7. The highest BCUT2D eigenvalue weighted by Crippen LogP contribution is 2.25. The minimum Gasteiger partial charge on any atom is -0.477 e. The van der Waals surface area contributed by atoms with Crippen molar-refractivity contribution < 1.29 is 14.7 Å². The van der Waals surface area contributed by atoms with Gasteiger partial charge in [-0.3, -0.25) is 4.79 Å². The quantitative estimate of drug-likeness (QED) is 0.843. The maximum Gasteiger partial charge on any atom is 0.345 e. The summed E-state index contributed by atoms with van der Waals surface area (Å²) in [6.07, 6.45) is 0.823. The molecule has 0 radical (unpaired) electrons. The zero-order chi connectivity index (χ0) is 14.6. The van der Waals surface area contributed by atoms with Crippen LogP contribution in [-0.4, -0.2) is 17.0 Å². The molecule has 0 aliphatic carbocycles. The SMILES string of the molecule is CC(C)CC(C)(C)C(=O)NCc1ccc(C(=O)O)s1. The lowest BCUT2D eigenvalue weighted by Crippen LogP contribution is -2.37. The van der Waals surface area contributed by atoms with E-state index in [1.54, 1.807) is 12.1 Å². The molecule has 0 saturated heterocycles. The summed E-state index contributed by atoms with van der Waals surface area (Å²) in [4.78, 5) is 24.0. The first-order valence-electron chi connectivity index (χ1n) is 6.32. The minimum atomic E-state index is -0.928. The lowest BCUT2D eigenvalue weighted by Gasteiger charge is -2.25. The number of amides is 1. The molecule has 1 aromatic rings. The number of hydrogen-bond acceptors (Lipinski definition) is 3. The number of rotatable bonds is 6. The monoisotopic (exact) mass is 283 g/mol. The largest absolute Gasteiger partial charge is 0.477 e. The zero-order valence-corrected chi connectivity index (χ0v) is 12.6. The van der Waals surface area contributed by atoms with E-state index >= 15 is 0 Å². The molecule has 5 heteroatoms. The normalized spacial score (nSPS) is 11.6. The molecular weight excluding hydrogens is 262 g/mol. The predicted molar refractivity (Wildman–Crippen MR) is 76.4 cm³/mol. The topological polar surface area (TPSA) is 66.4 Å². The average Bonchev–Trinajstić information content (AvgIpc) is 2.72. The standard InChI is InChI=1S/C14H21NO3S/c1-9(2)7-14(3,4)13(18)15-8-10-5-6-11(19-10)12(16)17/h5-6,9H,7-8H2,1-4H3,(H,15,18)(H,16,17). The number of aromatic carboxylic acids is 1. The van der Waals surface area contributed by atoms with Crippen LogP contribution in [0.5, 0.6) is 0 Å². The molecular formula is C14H21NO3S. The van der Waals surface area contributed by atoms with Gasteiger partial charge in [0.05, 0.1) is 6.54 Å². The summed E-state index contributed by atoms with van der Waals surface area (Å²) in [5.41, 5.74) is -0.402. The van der Waals surface area contributed by atoms with Crippen molar-refractivity contribution in [3.63, 3.8) is 0 Å². The Morgan fingerprint density at radius 3 is 2.47 bits per heavy atom. The number of carboxylic acid groups (broad SMARTS) is 1. The highest BCUT2D eigenvalue weighted by Gasteiger charge is 2.28. The van der Waals surface area contributed by atoms with Gasteiger partial charge in [0.1, 0.15) is 4.88 Å². The summed E-state index contributed by atoms with van der Waals surface area (Å²) < 4.78 is 0. The summed E-state index contributed by atoms with van der Waals surface area (Å²) in [6, 6.07) is 3.30. The fourth-order valence-corrected chi connectivity index (χ4v) is 2.89. The zero-order valence-electron chi connectivity index (χ0n) is 11.8.